The highest BCUT2D eigenvalue weighted by Gasteiger charge is 2.09. The van der Waals surface area contributed by atoms with Crippen LogP contribution in [0.3, 0.4) is 0 Å². The Bertz CT molecular complexity index is 575. The molecule has 1 heterocycles. The third-order valence-corrected chi connectivity index (χ3v) is 2.37. The molecule has 2 rings (SSSR count). The number of hydrogen-bond donors (Lipinski definition) is 1. The first-order valence-electron chi connectivity index (χ1n) is 4.78. The first-order valence-corrected chi connectivity index (χ1v) is 5.16. The Kier molecular flexibility index (Phi) is 3.12. The number of anilines is 1. The lowest BCUT2D eigenvalue weighted by Gasteiger charge is -2.07. The third-order valence-electron chi connectivity index (χ3n) is 2.09. The second-order valence-electron chi connectivity index (χ2n) is 3.26. The van der Waals surface area contributed by atoms with Crippen molar-refractivity contribution < 1.29 is 4.74 Å². The Morgan fingerprint density at radius 3 is 2.59 bits per heavy atom. The van der Waals surface area contributed by atoms with Gasteiger partial charge in [0.1, 0.15) is 23.1 Å². The molecule has 17 heavy (non-hydrogen) atoms. The molecule has 0 atom stereocenters. The second kappa shape index (κ2) is 4.73. The Labute approximate surface area is 103 Å². The average Bonchev–Trinajstić information content (AvgIpc) is 2.32. The van der Waals surface area contributed by atoms with Crippen LogP contribution in [0.1, 0.15) is 5.56 Å². The van der Waals surface area contributed by atoms with E-state index in [1.165, 1.54) is 6.20 Å². The van der Waals surface area contributed by atoms with Crippen LogP contribution in [0.2, 0.25) is 5.15 Å². The predicted molar refractivity (Wildman–Crippen MR) is 64.9 cm³/mol. The topological polar surface area (TPSA) is 71.9 Å². The van der Waals surface area contributed by atoms with Crippen LogP contribution < -0.4 is 10.5 Å². The number of rotatable bonds is 2. The van der Waals surface area contributed by atoms with E-state index in [1.807, 2.05) is 6.07 Å². The van der Waals surface area contributed by atoms with E-state index in [0.29, 0.717) is 17.2 Å². The highest BCUT2D eigenvalue weighted by Crippen LogP contribution is 2.28. The number of aromatic nitrogens is 1. The van der Waals surface area contributed by atoms with Gasteiger partial charge >= 0.3 is 0 Å². The average molecular weight is 246 g/mol. The SMILES string of the molecule is N#Cc1c(Oc2ccc(N)cc2)ccnc1Cl. The first kappa shape index (κ1) is 11.2. The predicted octanol–water partition coefficient (Wildman–Crippen LogP) is 2.98. The van der Waals surface area contributed by atoms with Crippen molar-refractivity contribution in [1.82, 2.24) is 4.98 Å². The lowest BCUT2D eigenvalue weighted by atomic mass is 10.2. The van der Waals surface area contributed by atoms with Gasteiger partial charge in [-0.25, -0.2) is 4.98 Å². The molecule has 0 aliphatic carbocycles. The third kappa shape index (κ3) is 2.47. The molecule has 1 aromatic heterocycles. The Hall–Kier alpha value is -2.25. The van der Waals surface area contributed by atoms with Crippen molar-refractivity contribution in [3.8, 4) is 17.6 Å². The van der Waals surface area contributed by atoms with E-state index in [1.54, 1.807) is 30.3 Å². The van der Waals surface area contributed by atoms with Gasteiger partial charge in [-0.2, -0.15) is 5.26 Å². The second-order valence-corrected chi connectivity index (χ2v) is 3.62. The minimum absolute atomic E-state index is 0.125. The first-order chi connectivity index (χ1) is 8.20. The van der Waals surface area contributed by atoms with Gasteiger partial charge in [-0.3, -0.25) is 0 Å². The lowest BCUT2D eigenvalue weighted by molar-refractivity contribution is 0.480. The van der Waals surface area contributed by atoms with Crippen LogP contribution in [0.15, 0.2) is 36.5 Å². The maximum atomic E-state index is 8.95. The number of nitrogens with zero attached hydrogens (tertiary/aromatic N) is 2. The van der Waals surface area contributed by atoms with E-state index < -0.39 is 0 Å². The van der Waals surface area contributed by atoms with E-state index in [4.69, 9.17) is 27.3 Å². The van der Waals surface area contributed by atoms with Crippen molar-refractivity contribution in [3.05, 3.63) is 47.2 Å². The zero-order valence-corrected chi connectivity index (χ0v) is 9.48. The summed E-state index contributed by atoms with van der Waals surface area (Å²) in [6, 6.07) is 10.4. The molecule has 0 aliphatic heterocycles. The fourth-order valence-electron chi connectivity index (χ4n) is 1.27. The van der Waals surface area contributed by atoms with Gasteiger partial charge in [0.15, 0.2) is 5.15 Å². The number of nitriles is 1. The highest BCUT2D eigenvalue weighted by atomic mass is 35.5. The van der Waals surface area contributed by atoms with E-state index in [0.717, 1.165) is 0 Å². The lowest BCUT2D eigenvalue weighted by Crippen LogP contribution is -1.91. The molecule has 0 amide bonds. The van der Waals surface area contributed by atoms with Crippen molar-refractivity contribution in [2.75, 3.05) is 5.73 Å². The van der Waals surface area contributed by atoms with E-state index >= 15 is 0 Å². The minimum atomic E-state index is 0.125. The molecule has 1 aromatic carbocycles. The summed E-state index contributed by atoms with van der Waals surface area (Å²) in [7, 11) is 0. The Morgan fingerprint density at radius 2 is 1.94 bits per heavy atom. The van der Waals surface area contributed by atoms with Crippen molar-refractivity contribution in [2.24, 2.45) is 0 Å². The molecule has 4 nitrogen and oxygen atoms in total. The summed E-state index contributed by atoms with van der Waals surface area (Å²) in [6.45, 7) is 0. The van der Waals surface area contributed by atoms with Gasteiger partial charge < -0.3 is 10.5 Å². The van der Waals surface area contributed by atoms with Crippen LogP contribution in [-0.2, 0) is 0 Å². The summed E-state index contributed by atoms with van der Waals surface area (Å²) in [5.74, 6) is 0.954. The van der Waals surface area contributed by atoms with Crippen LogP contribution in [0.5, 0.6) is 11.5 Å². The fraction of sp³-hybridized carbons (Fsp3) is 0. The van der Waals surface area contributed by atoms with Gasteiger partial charge in [-0.1, -0.05) is 11.6 Å². The monoisotopic (exact) mass is 245 g/mol. The van der Waals surface area contributed by atoms with Crippen molar-refractivity contribution in [1.29, 1.82) is 5.26 Å². The van der Waals surface area contributed by atoms with Crippen molar-refractivity contribution in [3.63, 3.8) is 0 Å². The van der Waals surface area contributed by atoms with Gasteiger partial charge in [-0.05, 0) is 24.3 Å². The molecule has 0 unspecified atom stereocenters. The van der Waals surface area contributed by atoms with Crippen LogP contribution in [0.25, 0.3) is 0 Å². The zero-order valence-electron chi connectivity index (χ0n) is 8.72. The maximum Gasteiger partial charge on any atom is 0.150 e. The van der Waals surface area contributed by atoms with Gasteiger partial charge in [0.05, 0.1) is 0 Å². The summed E-state index contributed by atoms with van der Waals surface area (Å²) >= 11 is 5.79. The number of pyridine rings is 1. The molecule has 84 valence electrons. The van der Waals surface area contributed by atoms with E-state index in [-0.39, 0.29) is 10.7 Å². The summed E-state index contributed by atoms with van der Waals surface area (Å²) in [5.41, 5.74) is 6.42. The largest absolute Gasteiger partial charge is 0.456 e. The van der Waals surface area contributed by atoms with E-state index in [2.05, 4.69) is 4.98 Å². The number of benzene rings is 1. The smallest absolute Gasteiger partial charge is 0.150 e. The fourth-order valence-corrected chi connectivity index (χ4v) is 1.46. The number of nitrogen functional groups attached to an aromatic ring is 1. The highest BCUT2D eigenvalue weighted by molar-refractivity contribution is 6.30. The summed E-state index contributed by atoms with van der Waals surface area (Å²) in [4.78, 5) is 3.81. The molecule has 0 bridgehead atoms. The molecule has 0 saturated heterocycles. The molecular formula is C12H8ClN3O. The van der Waals surface area contributed by atoms with Crippen molar-refractivity contribution >= 4 is 17.3 Å². The van der Waals surface area contributed by atoms with Crippen LogP contribution in [0, 0.1) is 11.3 Å². The van der Waals surface area contributed by atoms with Crippen LogP contribution in [-0.4, -0.2) is 4.98 Å². The van der Waals surface area contributed by atoms with Crippen molar-refractivity contribution in [2.45, 2.75) is 0 Å². The molecule has 5 heteroatoms. The molecular weight excluding hydrogens is 238 g/mol. The summed E-state index contributed by atoms with van der Waals surface area (Å²) < 4.78 is 5.53. The van der Waals surface area contributed by atoms with Gasteiger partial charge in [0.2, 0.25) is 0 Å². The minimum Gasteiger partial charge on any atom is -0.456 e. The van der Waals surface area contributed by atoms with Crippen LogP contribution >= 0.6 is 11.6 Å². The summed E-state index contributed by atoms with van der Waals surface area (Å²) in [5, 5.41) is 9.07. The van der Waals surface area contributed by atoms with Gasteiger partial charge in [0.25, 0.3) is 0 Å². The molecule has 0 radical (unpaired) electrons. The van der Waals surface area contributed by atoms with Gasteiger partial charge in [0, 0.05) is 18.0 Å². The standard InChI is InChI=1S/C12H8ClN3O/c13-12-10(7-14)11(5-6-16-12)17-9-3-1-8(15)2-4-9/h1-6H,15H2. The van der Waals surface area contributed by atoms with Crippen LogP contribution in [0.4, 0.5) is 5.69 Å². The Balaban J connectivity index is 2.34. The van der Waals surface area contributed by atoms with Gasteiger partial charge in [-0.15, -0.1) is 0 Å². The quantitative estimate of drug-likeness (QED) is 0.652. The molecule has 2 N–H and O–H groups in total. The molecule has 2 aromatic rings. The number of hydrogen-bond acceptors (Lipinski definition) is 4. The molecule has 0 fully saturated rings. The number of nitrogens with two attached hydrogens (primary N) is 1. The van der Waals surface area contributed by atoms with E-state index in [9.17, 15) is 0 Å². The molecule has 0 spiro atoms. The number of ether oxygens (including phenoxy) is 1. The number of halogens is 1. The zero-order chi connectivity index (χ0) is 12.3. The summed E-state index contributed by atoms with van der Waals surface area (Å²) in [6.07, 6.45) is 1.48. The molecule has 0 aliphatic rings. The maximum absolute atomic E-state index is 8.95. The normalized spacial score (nSPS) is 9.65. The Morgan fingerprint density at radius 1 is 1.24 bits per heavy atom. The molecule has 0 saturated carbocycles.